The predicted octanol–water partition coefficient (Wildman–Crippen LogP) is -0.501. The molecule has 3 heterocycles. The Bertz CT molecular complexity index is 401. The highest BCUT2D eigenvalue weighted by Crippen LogP contribution is 2.40. The lowest BCUT2D eigenvalue weighted by Crippen LogP contribution is -2.48. The van der Waals surface area contributed by atoms with E-state index in [4.69, 9.17) is 9.47 Å². The Kier molecular flexibility index (Phi) is 2.83. The first-order chi connectivity index (χ1) is 8.68. The van der Waals surface area contributed by atoms with Crippen molar-refractivity contribution < 1.29 is 24.2 Å². The third kappa shape index (κ3) is 1.72. The van der Waals surface area contributed by atoms with Crippen LogP contribution in [0.4, 0.5) is 0 Å². The van der Waals surface area contributed by atoms with Gasteiger partial charge in [-0.2, -0.15) is 0 Å². The number of carboxylic acids is 1. The third-order valence-electron chi connectivity index (χ3n) is 3.79. The summed E-state index contributed by atoms with van der Waals surface area (Å²) in [6, 6.07) is 0. The van der Waals surface area contributed by atoms with Crippen molar-refractivity contribution >= 4 is 11.9 Å². The maximum atomic E-state index is 12.4. The molecular formula is C12H15NO5. The van der Waals surface area contributed by atoms with Gasteiger partial charge in [0.05, 0.1) is 31.3 Å². The molecule has 0 aromatic rings. The topological polar surface area (TPSA) is 76.1 Å². The zero-order valence-electron chi connectivity index (χ0n) is 9.82. The molecule has 2 fully saturated rings. The zero-order valence-corrected chi connectivity index (χ0v) is 9.82. The van der Waals surface area contributed by atoms with Crippen LogP contribution in [0.1, 0.15) is 0 Å². The van der Waals surface area contributed by atoms with Gasteiger partial charge < -0.3 is 19.5 Å². The van der Waals surface area contributed by atoms with Crippen molar-refractivity contribution in [3.63, 3.8) is 0 Å². The van der Waals surface area contributed by atoms with E-state index in [-0.39, 0.29) is 12.0 Å². The molecule has 2 saturated heterocycles. The fourth-order valence-electron chi connectivity index (χ4n) is 2.89. The Morgan fingerprint density at radius 2 is 1.72 bits per heavy atom. The van der Waals surface area contributed by atoms with E-state index in [1.54, 1.807) is 17.1 Å². The normalized spacial score (nSPS) is 38.1. The van der Waals surface area contributed by atoms with Gasteiger partial charge in [0, 0.05) is 13.1 Å². The fourth-order valence-corrected chi connectivity index (χ4v) is 2.89. The minimum Gasteiger partial charge on any atom is -0.481 e. The van der Waals surface area contributed by atoms with Gasteiger partial charge in [0.1, 0.15) is 5.92 Å². The standard InChI is InChI=1S/C12H15NO5/c14-11(13-3-5-17-6-4-13)9-7-1-2-8(18-7)10(9)12(15)16/h1-2,7-10H,3-6H2,(H,15,16)/t7-,8+,9?,10?/m0/s1. The Balaban J connectivity index is 1.79. The molecule has 0 saturated carbocycles. The van der Waals surface area contributed by atoms with Crippen molar-refractivity contribution in [3.8, 4) is 0 Å². The van der Waals surface area contributed by atoms with Crippen LogP contribution in [0.5, 0.6) is 0 Å². The van der Waals surface area contributed by atoms with Crippen LogP contribution in [0, 0.1) is 11.8 Å². The Hall–Kier alpha value is -1.40. The largest absolute Gasteiger partial charge is 0.481 e. The molecule has 6 nitrogen and oxygen atoms in total. The quantitative estimate of drug-likeness (QED) is 0.671. The van der Waals surface area contributed by atoms with Gasteiger partial charge in [-0.25, -0.2) is 0 Å². The second-order valence-electron chi connectivity index (χ2n) is 4.78. The summed E-state index contributed by atoms with van der Waals surface area (Å²) in [6.07, 6.45) is 2.70. The molecule has 2 bridgehead atoms. The molecule has 0 radical (unpaired) electrons. The molecule has 3 rings (SSSR count). The molecule has 1 N–H and O–H groups in total. The van der Waals surface area contributed by atoms with Gasteiger partial charge in [0.15, 0.2) is 0 Å². The number of carbonyl (C=O) groups is 2. The van der Waals surface area contributed by atoms with E-state index in [1.165, 1.54) is 0 Å². The van der Waals surface area contributed by atoms with Gasteiger partial charge in [0.2, 0.25) is 5.91 Å². The molecule has 2 unspecified atom stereocenters. The summed E-state index contributed by atoms with van der Waals surface area (Å²) in [7, 11) is 0. The van der Waals surface area contributed by atoms with E-state index in [0.29, 0.717) is 26.3 Å². The number of carbonyl (C=O) groups excluding carboxylic acids is 1. The summed E-state index contributed by atoms with van der Waals surface area (Å²) in [5.41, 5.74) is 0. The van der Waals surface area contributed by atoms with Crippen LogP contribution in [-0.4, -0.2) is 60.4 Å². The van der Waals surface area contributed by atoms with Gasteiger partial charge in [-0.1, -0.05) is 12.2 Å². The molecule has 4 atom stereocenters. The van der Waals surface area contributed by atoms with Crippen molar-refractivity contribution in [1.82, 2.24) is 4.90 Å². The molecule has 3 aliphatic rings. The molecule has 3 aliphatic heterocycles. The van der Waals surface area contributed by atoms with Gasteiger partial charge >= 0.3 is 5.97 Å². The number of nitrogens with zero attached hydrogens (tertiary/aromatic N) is 1. The third-order valence-corrected chi connectivity index (χ3v) is 3.79. The Morgan fingerprint density at radius 1 is 1.11 bits per heavy atom. The molecule has 98 valence electrons. The molecule has 0 aromatic carbocycles. The first kappa shape index (κ1) is 11.7. The van der Waals surface area contributed by atoms with Gasteiger partial charge in [-0.15, -0.1) is 0 Å². The lowest BCUT2D eigenvalue weighted by Gasteiger charge is -2.31. The summed E-state index contributed by atoms with van der Waals surface area (Å²) in [4.78, 5) is 25.4. The van der Waals surface area contributed by atoms with Crippen molar-refractivity contribution in [2.24, 2.45) is 11.8 Å². The van der Waals surface area contributed by atoms with Crippen LogP contribution in [0.3, 0.4) is 0 Å². The molecule has 0 aromatic heterocycles. The summed E-state index contributed by atoms with van der Waals surface area (Å²) < 4.78 is 10.7. The van der Waals surface area contributed by atoms with Gasteiger partial charge in [-0.3, -0.25) is 9.59 Å². The Labute approximate surface area is 104 Å². The van der Waals surface area contributed by atoms with Crippen LogP contribution in [0.25, 0.3) is 0 Å². The number of ether oxygens (including phenoxy) is 2. The number of hydrogen-bond acceptors (Lipinski definition) is 4. The van der Waals surface area contributed by atoms with Crippen molar-refractivity contribution in [2.75, 3.05) is 26.3 Å². The van der Waals surface area contributed by atoms with Crippen LogP contribution >= 0.6 is 0 Å². The number of morpholine rings is 1. The van der Waals surface area contributed by atoms with Crippen molar-refractivity contribution in [2.45, 2.75) is 12.2 Å². The molecule has 0 aliphatic carbocycles. The number of rotatable bonds is 2. The van der Waals surface area contributed by atoms with Gasteiger partial charge in [0.25, 0.3) is 0 Å². The van der Waals surface area contributed by atoms with E-state index in [0.717, 1.165) is 0 Å². The van der Waals surface area contributed by atoms with E-state index in [2.05, 4.69) is 0 Å². The fraction of sp³-hybridized carbons (Fsp3) is 0.667. The molecular weight excluding hydrogens is 238 g/mol. The minimum absolute atomic E-state index is 0.123. The van der Waals surface area contributed by atoms with E-state index in [9.17, 15) is 14.7 Å². The lowest BCUT2D eigenvalue weighted by atomic mass is 9.82. The lowest BCUT2D eigenvalue weighted by molar-refractivity contribution is -0.151. The highest BCUT2D eigenvalue weighted by atomic mass is 16.5. The number of aliphatic carboxylic acids is 1. The SMILES string of the molecule is O=C(O)C1C(C(=O)N2CCOCC2)[C@@H]2C=C[C@H]1O2. The molecule has 0 spiro atoms. The van der Waals surface area contributed by atoms with E-state index >= 15 is 0 Å². The zero-order chi connectivity index (χ0) is 12.7. The summed E-state index contributed by atoms with van der Waals surface area (Å²) >= 11 is 0. The average Bonchev–Trinajstić information content (AvgIpc) is 2.99. The van der Waals surface area contributed by atoms with Crippen LogP contribution in [0.15, 0.2) is 12.2 Å². The monoisotopic (exact) mass is 253 g/mol. The van der Waals surface area contributed by atoms with Crippen molar-refractivity contribution in [1.29, 1.82) is 0 Å². The second kappa shape index (κ2) is 4.37. The maximum Gasteiger partial charge on any atom is 0.310 e. The number of carboxylic acid groups (broad SMARTS) is 1. The maximum absolute atomic E-state index is 12.4. The molecule has 1 amide bonds. The molecule has 6 heteroatoms. The summed E-state index contributed by atoms with van der Waals surface area (Å²) in [5, 5.41) is 9.24. The second-order valence-corrected chi connectivity index (χ2v) is 4.78. The van der Waals surface area contributed by atoms with Crippen LogP contribution < -0.4 is 0 Å². The van der Waals surface area contributed by atoms with E-state index < -0.39 is 23.9 Å². The summed E-state index contributed by atoms with van der Waals surface area (Å²) in [5.74, 6) is -2.42. The molecule has 18 heavy (non-hydrogen) atoms. The number of hydrogen-bond donors (Lipinski definition) is 1. The van der Waals surface area contributed by atoms with Crippen LogP contribution in [0.2, 0.25) is 0 Å². The first-order valence-electron chi connectivity index (χ1n) is 6.11. The number of fused-ring (bicyclic) bond motifs is 2. The minimum atomic E-state index is -0.960. The number of amides is 1. The summed E-state index contributed by atoms with van der Waals surface area (Å²) in [6.45, 7) is 2.09. The first-order valence-corrected chi connectivity index (χ1v) is 6.11. The van der Waals surface area contributed by atoms with Gasteiger partial charge in [-0.05, 0) is 0 Å². The Morgan fingerprint density at radius 3 is 2.33 bits per heavy atom. The smallest absolute Gasteiger partial charge is 0.310 e. The van der Waals surface area contributed by atoms with Crippen molar-refractivity contribution in [3.05, 3.63) is 12.2 Å². The van der Waals surface area contributed by atoms with E-state index in [1.807, 2.05) is 0 Å². The van der Waals surface area contributed by atoms with Crippen LogP contribution in [-0.2, 0) is 19.1 Å². The highest BCUT2D eigenvalue weighted by molar-refractivity contribution is 5.87. The average molecular weight is 253 g/mol. The predicted molar refractivity (Wildman–Crippen MR) is 59.8 cm³/mol. The highest BCUT2D eigenvalue weighted by Gasteiger charge is 2.54.